The quantitative estimate of drug-likeness (QED) is 0.166. The smallest absolute Gasteiger partial charge is 0.310 e. The molecule has 0 radical (unpaired) electrons. The van der Waals surface area contributed by atoms with Crippen LogP contribution in [0.2, 0.25) is 0 Å². The highest BCUT2D eigenvalue weighted by atomic mass is 16.4. The van der Waals surface area contributed by atoms with E-state index in [9.17, 15) is 24.9 Å². The van der Waals surface area contributed by atoms with Crippen molar-refractivity contribution in [2.45, 2.75) is 174 Å². The number of hydrogen-bond acceptors (Lipinski definition) is 6. The lowest BCUT2D eigenvalue weighted by atomic mass is 9.52. The van der Waals surface area contributed by atoms with Crippen molar-refractivity contribution < 1.29 is 30.0 Å². The second kappa shape index (κ2) is 13.8. The third-order valence-corrected chi connectivity index (χ3v) is 10.6. The van der Waals surface area contributed by atoms with Crippen LogP contribution in [0.4, 0.5) is 0 Å². The largest absolute Gasteiger partial charge is 0.481 e. The molecule has 2 atom stereocenters. The van der Waals surface area contributed by atoms with Crippen molar-refractivity contribution in [2.75, 3.05) is 13.1 Å². The fourth-order valence-corrected chi connectivity index (χ4v) is 9.30. The van der Waals surface area contributed by atoms with Gasteiger partial charge >= 0.3 is 11.9 Å². The van der Waals surface area contributed by atoms with Crippen molar-refractivity contribution in [1.29, 1.82) is 0 Å². The molecular weight excluding hydrogens is 532 g/mol. The van der Waals surface area contributed by atoms with Gasteiger partial charge in [0, 0.05) is 41.7 Å². The molecule has 2 unspecified atom stereocenters. The van der Waals surface area contributed by atoms with Gasteiger partial charge in [-0.05, 0) is 120 Å². The molecule has 4 N–H and O–H groups in total. The fourth-order valence-electron chi connectivity index (χ4n) is 9.30. The molecule has 0 bridgehead atoms. The third kappa shape index (κ3) is 8.70. The maximum atomic E-state index is 13.9. The lowest BCUT2D eigenvalue weighted by molar-refractivity contribution is -0.181. The van der Waals surface area contributed by atoms with Crippen LogP contribution in [0.1, 0.15) is 140 Å². The summed E-state index contributed by atoms with van der Waals surface area (Å²) in [6.07, 6.45) is 7.00. The lowest BCUT2D eigenvalue weighted by Crippen LogP contribution is -2.68. The summed E-state index contributed by atoms with van der Waals surface area (Å²) in [5, 5.41) is 41.0. The summed E-state index contributed by atoms with van der Waals surface area (Å²) < 4.78 is 0. The number of unbranched alkanes of at least 4 members (excludes halogenated alkanes) is 4. The molecule has 2 aliphatic rings. The van der Waals surface area contributed by atoms with Crippen LogP contribution < -0.4 is 0 Å². The van der Waals surface area contributed by atoms with Gasteiger partial charge in [0.25, 0.3) is 0 Å². The van der Waals surface area contributed by atoms with E-state index in [0.717, 1.165) is 51.4 Å². The van der Waals surface area contributed by atoms with E-state index in [-0.39, 0.29) is 40.4 Å². The highest BCUT2D eigenvalue weighted by Crippen LogP contribution is 2.58. The van der Waals surface area contributed by atoms with E-state index < -0.39 is 29.6 Å². The Labute approximate surface area is 256 Å². The zero-order chi connectivity index (χ0) is 32.3. The Balaban J connectivity index is 2.51. The van der Waals surface area contributed by atoms with Gasteiger partial charge in [-0.1, -0.05) is 25.7 Å². The Morgan fingerprint density at radius 1 is 0.667 bits per heavy atom. The number of aliphatic carboxylic acids is 2. The van der Waals surface area contributed by atoms with Crippen LogP contribution in [0.25, 0.3) is 0 Å². The molecule has 0 amide bonds. The maximum absolute atomic E-state index is 13.9. The summed E-state index contributed by atoms with van der Waals surface area (Å²) in [5.41, 5.74) is -2.02. The number of β-amino-alcohol motifs (C(OH)–C–C–N with tert-alkyl or cyclic N) is 2. The van der Waals surface area contributed by atoms with Gasteiger partial charge in [0.1, 0.15) is 0 Å². The van der Waals surface area contributed by atoms with Crippen LogP contribution in [-0.4, -0.2) is 89.6 Å². The number of nitrogens with zero attached hydrogens (tertiary/aromatic N) is 2. The van der Waals surface area contributed by atoms with E-state index in [1.165, 1.54) is 0 Å². The number of aliphatic hydroxyl groups is 2. The SMILES string of the molecule is CC(O)CN1C(C)(C)CC(C(CCCCCCCC(=O)O)(C(=O)O)C2CC(C)(C)N(CC(C)O)C(C)(C)C2)CC1(C)C. The summed E-state index contributed by atoms with van der Waals surface area (Å²) in [6, 6.07) is 0. The summed E-state index contributed by atoms with van der Waals surface area (Å²) in [4.78, 5) is 29.5. The van der Waals surface area contributed by atoms with Gasteiger partial charge in [-0.3, -0.25) is 19.4 Å². The molecular formula is C34H64N2O6. The monoisotopic (exact) mass is 596 g/mol. The van der Waals surface area contributed by atoms with E-state index in [4.69, 9.17) is 5.11 Å². The molecule has 0 aromatic carbocycles. The van der Waals surface area contributed by atoms with E-state index >= 15 is 0 Å². The van der Waals surface area contributed by atoms with Crippen LogP contribution in [-0.2, 0) is 9.59 Å². The van der Waals surface area contributed by atoms with Crippen molar-refractivity contribution in [3.8, 4) is 0 Å². The number of hydrogen-bond donors (Lipinski definition) is 4. The number of likely N-dealkylation sites (tertiary alicyclic amines) is 2. The van der Waals surface area contributed by atoms with Crippen LogP contribution in [0.3, 0.4) is 0 Å². The highest BCUT2D eigenvalue weighted by molar-refractivity contribution is 5.76. The fraction of sp³-hybridized carbons (Fsp3) is 0.941. The van der Waals surface area contributed by atoms with Gasteiger partial charge in [-0.15, -0.1) is 0 Å². The zero-order valence-corrected chi connectivity index (χ0v) is 28.5. The molecule has 2 rings (SSSR count). The average molecular weight is 597 g/mol. The predicted molar refractivity (Wildman–Crippen MR) is 169 cm³/mol. The van der Waals surface area contributed by atoms with E-state index in [1.807, 2.05) is 13.8 Å². The van der Waals surface area contributed by atoms with Crippen LogP contribution in [0, 0.1) is 17.3 Å². The lowest BCUT2D eigenvalue weighted by Gasteiger charge is -2.63. The van der Waals surface area contributed by atoms with Gasteiger partial charge < -0.3 is 20.4 Å². The standard InChI is InChI=1S/C34H64N2O6/c1-24(37)22-35-30(3,4)18-26(19-31(35,5)6)34(29(41)42,17-15-13-11-12-14-16-28(39)40)27-20-32(7,8)36(23-25(2)38)33(9,10)21-27/h24-27,37-38H,11-23H2,1-10H3,(H,39,40)(H,41,42). The third-order valence-electron chi connectivity index (χ3n) is 10.6. The minimum atomic E-state index is -0.905. The second-order valence-corrected chi connectivity index (χ2v) is 16.4. The average Bonchev–Trinajstić information content (AvgIpc) is 2.79. The molecule has 0 saturated carbocycles. The van der Waals surface area contributed by atoms with Gasteiger partial charge in [-0.2, -0.15) is 0 Å². The molecule has 0 aliphatic carbocycles. The maximum Gasteiger partial charge on any atom is 0.310 e. The number of carboxylic acid groups (broad SMARTS) is 2. The molecule has 246 valence electrons. The molecule has 0 spiro atoms. The van der Waals surface area contributed by atoms with Crippen molar-refractivity contribution in [1.82, 2.24) is 9.80 Å². The highest BCUT2D eigenvalue weighted by Gasteiger charge is 2.61. The van der Waals surface area contributed by atoms with E-state index in [1.54, 1.807) is 0 Å². The van der Waals surface area contributed by atoms with E-state index in [2.05, 4.69) is 65.2 Å². The molecule has 8 nitrogen and oxygen atoms in total. The minimum absolute atomic E-state index is 0.0304. The first-order chi connectivity index (χ1) is 19.1. The summed E-state index contributed by atoms with van der Waals surface area (Å²) >= 11 is 0. The normalized spacial score (nSPS) is 25.9. The number of piperidine rings is 2. The number of carbonyl (C=O) groups is 2. The Bertz CT molecular complexity index is 824. The zero-order valence-electron chi connectivity index (χ0n) is 28.5. The van der Waals surface area contributed by atoms with Gasteiger partial charge in [0.15, 0.2) is 0 Å². The first-order valence-electron chi connectivity index (χ1n) is 16.5. The van der Waals surface area contributed by atoms with Crippen LogP contribution in [0.15, 0.2) is 0 Å². The van der Waals surface area contributed by atoms with Gasteiger partial charge in [0.2, 0.25) is 0 Å². The van der Waals surface area contributed by atoms with Crippen LogP contribution in [0.5, 0.6) is 0 Å². The molecule has 8 heteroatoms. The predicted octanol–water partition coefficient (Wildman–Crippen LogP) is 6.17. The Kier molecular flexibility index (Phi) is 12.2. The summed E-state index contributed by atoms with van der Waals surface area (Å²) in [7, 11) is 0. The van der Waals surface area contributed by atoms with Crippen LogP contribution >= 0.6 is 0 Å². The number of carboxylic acids is 2. The topological polar surface area (TPSA) is 122 Å². The second-order valence-electron chi connectivity index (χ2n) is 16.4. The number of rotatable bonds is 15. The molecule has 2 fully saturated rings. The Hall–Kier alpha value is -1.22. The molecule has 2 saturated heterocycles. The van der Waals surface area contributed by atoms with Crippen molar-refractivity contribution in [3.63, 3.8) is 0 Å². The van der Waals surface area contributed by atoms with Crippen molar-refractivity contribution in [3.05, 3.63) is 0 Å². The first-order valence-corrected chi connectivity index (χ1v) is 16.5. The summed E-state index contributed by atoms with van der Waals surface area (Å²) in [5.74, 6) is -1.51. The number of aliphatic hydroxyl groups excluding tert-OH is 2. The van der Waals surface area contributed by atoms with E-state index in [0.29, 0.717) is 25.9 Å². The van der Waals surface area contributed by atoms with Gasteiger partial charge in [-0.25, -0.2) is 0 Å². The molecule has 0 aromatic rings. The molecule has 0 aromatic heterocycles. The van der Waals surface area contributed by atoms with Crippen molar-refractivity contribution >= 4 is 11.9 Å². The Morgan fingerprint density at radius 3 is 1.31 bits per heavy atom. The van der Waals surface area contributed by atoms with Gasteiger partial charge in [0.05, 0.1) is 17.6 Å². The Morgan fingerprint density at radius 2 is 1.00 bits per heavy atom. The molecule has 2 aliphatic heterocycles. The molecule has 42 heavy (non-hydrogen) atoms. The minimum Gasteiger partial charge on any atom is -0.481 e. The van der Waals surface area contributed by atoms with Crippen molar-refractivity contribution in [2.24, 2.45) is 17.3 Å². The molecule has 2 heterocycles. The first kappa shape index (κ1) is 37.0. The summed E-state index contributed by atoms with van der Waals surface area (Å²) in [6.45, 7) is 22.4.